The van der Waals surface area contributed by atoms with E-state index in [-0.39, 0.29) is 12.8 Å². The summed E-state index contributed by atoms with van der Waals surface area (Å²) >= 11 is 0. The number of benzene rings is 1. The summed E-state index contributed by atoms with van der Waals surface area (Å²) in [6.45, 7) is 0.0396. The molecule has 0 saturated carbocycles. The minimum absolute atomic E-state index is 0.0396. The Labute approximate surface area is 219 Å². The predicted molar refractivity (Wildman–Crippen MR) is 136 cm³/mol. The van der Waals surface area contributed by atoms with E-state index in [1.807, 2.05) is 18.2 Å². The molecule has 2 aromatic heterocycles. The molecule has 0 radical (unpaired) electrons. The fourth-order valence-corrected chi connectivity index (χ4v) is 5.36. The van der Waals surface area contributed by atoms with Crippen LogP contribution < -0.4 is 14.4 Å². The standard InChI is InChI=1S/C26H29FN6O5/c1-32(21-10-17-5-7-20(25(21)27)33(17)26(34)35)23-13-28-19(12-29-23)18-6-4-15(8-22(18)38-14-36-2)16-9-24(37-3)31-30-11-16/h4,6,8-9,11-13,17,20-21,25H,5,7,10,14H2,1-3H3,(H,34,35)/t17-,20+,21-,25+/m0/s1. The second-order valence-electron chi connectivity index (χ2n) is 9.35. The Morgan fingerprint density at radius 2 is 2.00 bits per heavy atom. The number of methoxy groups -OCH3 is 2. The van der Waals surface area contributed by atoms with Crippen molar-refractivity contribution < 1.29 is 28.5 Å². The van der Waals surface area contributed by atoms with Crippen molar-refractivity contribution in [1.29, 1.82) is 0 Å². The van der Waals surface area contributed by atoms with Crippen molar-refractivity contribution in [3.05, 3.63) is 42.9 Å². The molecule has 0 spiro atoms. The van der Waals surface area contributed by atoms with Crippen molar-refractivity contribution in [2.24, 2.45) is 0 Å². The van der Waals surface area contributed by atoms with Crippen molar-refractivity contribution in [2.75, 3.05) is 33.0 Å². The average molecular weight is 525 g/mol. The van der Waals surface area contributed by atoms with E-state index in [0.717, 1.165) is 11.1 Å². The summed E-state index contributed by atoms with van der Waals surface area (Å²) in [6.07, 6.45) is 4.11. The summed E-state index contributed by atoms with van der Waals surface area (Å²) < 4.78 is 31.5. The molecule has 1 amide bonds. The molecule has 5 rings (SSSR count). The molecule has 4 atom stereocenters. The van der Waals surface area contributed by atoms with Crippen molar-refractivity contribution in [1.82, 2.24) is 25.1 Å². The first-order valence-electron chi connectivity index (χ1n) is 12.2. The Balaban J connectivity index is 1.38. The number of anilines is 1. The minimum Gasteiger partial charge on any atom is -0.480 e. The summed E-state index contributed by atoms with van der Waals surface area (Å²) in [6, 6.07) is 6.13. The Kier molecular flexibility index (Phi) is 7.23. The molecule has 11 nitrogen and oxygen atoms in total. The molecular weight excluding hydrogens is 495 g/mol. The number of carboxylic acid groups (broad SMARTS) is 1. The predicted octanol–water partition coefficient (Wildman–Crippen LogP) is 3.65. The number of fused-ring (bicyclic) bond motifs is 2. The molecule has 3 aromatic rings. The summed E-state index contributed by atoms with van der Waals surface area (Å²) in [5.74, 6) is 1.45. The SMILES string of the molecule is COCOc1cc(-c2cnnc(OC)c2)ccc1-c1cnc(N(C)[C@H]2C[C@@H]3CC[C@H]([C@H]2F)N3C(=O)O)cn1. The monoisotopic (exact) mass is 524 g/mol. The van der Waals surface area contributed by atoms with Gasteiger partial charge >= 0.3 is 6.09 Å². The molecule has 2 fully saturated rings. The van der Waals surface area contributed by atoms with Crippen molar-refractivity contribution >= 4 is 11.9 Å². The van der Waals surface area contributed by atoms with Gasteiger partial charge in [0.15, 0.2) is 6.79 Å². The highest BCUT2D eigenvalue weighted by Gasteiger charge is 2.51. The highest BCUT2D eigenvalue weighted by molar-refractivity contribution is 5.74. The summed E-state index contributed by atoms with van der Waals surface area (Å²) in [5.41, 5.74) is 2.92. The maximum absolute atomic E-state index is 15.4. The van der Waals surface area contributed by atoms with Crippen LogP contribution in [-0.2, 0) is 4.74 Å². The first kappa shape index (κ1) is 25.6. The van der Waals surface area contributed by atoms with E-state index >= 15 is 4.39 Å². The van der Waals surface area contributed by atoms with E-state index in [0.29, 0.717) is 48.0 Å². The summed E-state index contributed by atoms with van der Waals surface area (Å²) in [4.78, 5) is 23.8. The van der Waals surface area contributed by atoms with E-state index < -0.39 is 24.3 Å². The second-order valence-corrected chi connectivity index (χ2v) is 9.35. The van der Waals surface area contributed by atoms with Crippen molar-refractivity contribution in [3.8, 4) is 34.0 Å². The van der Waals surface area contributed by atoms with Gasteiger partial charge in [0.05, 0.1) is 43.5 Å². The van der Waals surface area contributed by atoms with Crippen LogP contribution >= 0.6 is 0 Å². The third-order valence-corrected chi connectivity index (χ3v) is 7.28. The summed E-state index contributed by atoms with van der Waals surface area (Å²) in [7, 11) is 4.84. The number of ether oxygens (including phenoxy) is 3. The number of aromatic nitrogens is 4. The van der Waals surface area contributed by atoms with Gasteiger partial charge in [-0.3, -0.25) is 9.88 Å². The lowest BCUT2D eigenvalue weighted by molar-refractivity contribution is 0.0489. The lowest BCUT2D eigenvalue weighted by Crippen LogP contribution is -2.58. The number of rotatable bonds is 8. The van der Waals surface area contributed by atoms with Gasteiger partial charge in [0, 0.05) is 37.4 Å². The molecule has 12 heteroatoms. The minimum atomic E-state index is -1.31. The first-order valence-corrected chi connectivity index (χ1v) is 12.2. The largest absolute Gasteiger partial charge is 0.480 e. The molecule has 1 N–H and O–H groups in total. The van der Waals surface area contributed by atoms with Crippen molar-refractivity contribution in [2.45, 2.75) is 43.6 Å². The zero-order valence-corrected chi connectivity index (χ0v) is 21.3. The molecule has 200 valence electrons. The topological polar surface area (TPSA) is 123 Å². The van der Waals surface area contributed by atoms with Crippen LogP contribution in [0, 0.1) is 0 Å². The Morgan fingerprint density at radius 1 is 1.16 bits per heavy atom. The van der Waals surface area contributed by atoms with Crippen LogP contribution in [0.4, 0.5) is 15.0 Å². The number of hydrogen-bond donors (Lipinski definition) is 1. The molecule has 2 saturated heterocycles. The van der Waals surface area contributed by atoms with Crippen LogP contribution in [0.25, 0.3) is 22.4 Å². The second kappa shape index (κ2) is 10.7. The van der Waals surface area contributed by atoms with Gasteiger partial charge in [0.25, 0.3) is 0 Å². The van der Waals surface area contributed by atoms with Crippen molar-refractivity contribution in [3.63, 3.8) is 0 Å². The van der Waals surface area contributed by atoms with Gasteiger partial charge in [0.1, 0.15) is 17.7 Å². The number of halogens is 1. The molecule has 4 heterocycles. The van der Waals surface area contributed by atoms with Gasteiger partial charge < -0.3 is 24.2 Å². The van der Waals surface area contributed by atoms with Gasteiger partial charge in [-0.25, -0.2) is 14.2 Å². The van der Waals surface area contributed by atoms with E-state index in [1.54, 1.807) is 36.6 Å². The zero-order valence-electron chi connectivity index (χ0n) is 21.3. The first-order chi connectivity index (χ1) is 18.4. The average Bonchev–Trinajstić information content (AvgIpc) is 3.30. The molecule has 38 heavy (non-hydrogen) atoms. The number of hydrogen-bond acceptors (Lipinski definition) is 9. The Bertz CT molecular complexity index is 1300. The lowest BCUT2D eigenvalue weighted by Gasteiger charge is -2.43. The van der Waals surface area contributed by atoms with E-state index in [2.05, 4.69) is 20.2 Å². The fraction of sp³-hybridized carbons (Fsp3) is 0.423. The molecule has 2 aliphatic heterocycles. The quantitative estimate of drug-likeness (QED) is 0.437. The van der Waals surface area contributed by atoms with Gasteiger partial charge in [-0.2, -0.15) is 5.10 Å². The fourth-order valence-electron chi connectivity index (χ4n) is 5.36. The van der Waals surface area contributed by atoms with Crippen LogP contribution in [0.5, 0.6) is 11.6 Å². The smallest absolute Gasteiger partial charge is 0.407 e. The highest BCUT2D eigenvalue weighted by Crippen LogP contribution is 2.40. The number of amides is 1. The molecule has 2 aliphatic rings. The normalized spacial score (nSPS) is 22.3. The number of piperidine rings is 1. The van der Waals surface area contributed by atoms with Crippen LogP contribution in [-0.4, -0.2) is 88.6 Å². The summed E-state index contributed by atoms with van der Waals surface area (Å²) in [5, 5.41) is 17.4. The third kappa shape index (κ3) is 4.78. The number of nitrogens with zero attached hydrogens (tertiary/aromatic N) is 6. The molecule has 1 aromatic carbocycles. The Morgan fingerprint density at radius 3 is 2.71 bits per heavy atom. The van der Waals surface area contributed by atoms with E-state index in [1.165, 1.54) is 19.1 Å². The van der Waals surface area contributed by atoms with Crippen LogP contribution in [0.2, 0.25) is 0 Å². The number of carbonyl (C=O) groups is 1. The van der Waals surface area contributed by atoms with Gasteiger partial charge in [-0.05, 0) is 37.0 Å². The highest BCUT2D eigenvalue weighted by atomic mass is 19.1. The van der Waals surface area contributed by atoms with Crippen LogP contribution in [0.3, 0.4) is 0 Å². The van der Waals surface area contributed by atoms with Gasteiger partial charge in [-0.15, -0.1) is 5.10 Å². The third-order valence-electron chi connectivity index (χ3n) is 7.28. The molecule has 0 unspecified atom stereocenters. The Hall–Kier alpha value is -4.06. The molecule has 2 bridgehead atoms. The van der Waals surface area contributed by atoms with Gasteiger partial charge in [0.2, 0.25) is 5.88 Å². The number of alkyl halides is 1. The van der Waals surface area contributed by atoms with Crippen LogP contribution in [0.1, 0.15) is 19.3 Å². The maximum Gasteiger partial charge on any atom is 0.407 e. The lowest BCUT2D eigenvalue weighted by atomic mass is 9.94. The van der Waals surface area contributed by atoms with E-state index in [4.69, 9.17) is 14.2 Å². The zero-order chi connectivity index (χ0) is 26.8. The maximum atomic E-state index is 15.4. The van der Waals surface area contributed by atoms with Crippen LogP contribution in [0.15, 0.2) is 42.9 Å². The van der Waals surface area contributed by atoms with E-state index in [9.17, 15) is 9.90 Å². The van der Waals surface area contributed by atoms with Gasteiger partial charge in [-0.1, -0.05) is 6.07 Å². The molecular formula is C26H29FN6O5. The molecule has 0 aliphatic carbocycles.